The van der Waals surface area contributed by atoms with Gasteiger partial charge in [-0.15, -0.1) is 0 Å². The highest BCUT2D eigenvalue weighted by Crippen LogP contribution is 2.23. The van der Waals surface area contributed by atoms with Crippen LogP contribution in [0.2, 0.25) is 0 Å². The average molecular weight is 235 g/mol. The number of hydrogen-bond acceptors (Lipinski definition) is 1. The summed E-state index contributed by atoms with van der Waals surface area (Å²) in [5, 5.41) is 9.86. The molecule has 0 aliphatic rings. The van der Waals surface area contributed by atoms with Gasteiger partial charge in [0.25, 0.3) is 0 Å². The molecule has 1 aromatic carbocycles. The Morgan fingerprint density at radius 1 is 1.46 bits per heavy atom. The van der Waals surface area contributed by atoms with E-state index in [1.54, 1.807) is 0 Å². The maximum atomic E-state index is 8.86. The highest BCUT2D eigenvalue weighted by molar-refractivity contribution is 9.10. The largest absolute Gasteiger partial charge is 0.349 e. The summed E-state index contributed by atoms with van der Waals surface area (Å²) in [6.45, 7) is 0. The van der Waals surface area contributed by atoms with Gasteiger partial charge in [-0.25, -0.2) is 0 Å². The molecule has 13 heavy (non-hydrogen) atoms. The first-order valence-electron chi connectivity index (χ1n) is 3.87. The Morgan fingerprint density at radius 3 is 2.92 bits per heavy atom. The maximum Gasteiger partial charge on any atom is 0.101 e. The van der Waals surface area contributed by atoms with Crippen molar-refractivity contribution in [3.63, 3.8) is 0 Å². The zero-order chi connectivity index (χ0) is 9.42. The molecule has 0 aliphatic carbocycles. The molecule has 2 rings (SSSR count). The topological polar surface area (TPSA) is 28.7 Å². The number of aryl methyl sites for hydroxylation is 1. The van der Waals surface area contributed by atoms with Crippen molar-refractivity contribution in [1.29, 1.82) is 5.26 Å². The van der Waals surface area contributed by atoms with E-state index in [0.29, 0.717) is 0 Å². The van der Waals surface area contributed by atoms with Gasteiger partial charge in [0, 0.05) is 28.6 Å². The molecule has 0 atom stereocenters. The third-order valence-electron chi connectivity index (χ3n) is 2.07. The SMILES string of the molecule is Cn1cc(C#N)c2cc(Br)ccc21. The summed E-state index contributed by atoms with van der Waals surface area (Å²) < 4.78 is 2.96. The highest BCUT2D eigenvalue weighted by Gasteiger charge is 2.05. The first-order chi connectivity index (χ1) is 6.22. The van der Waals surface area contributed by atoms with Crippen LogP contribution in [0.1, 0.15) is 5.56 Å². The Morgan fingerprint density at radius 2 is 2.23 bits per heavy atom. The van der Waals surface area contributed by atoms with Gasteiger partial charge in [0.15, 0.2) is 0 Å². The van der Waals surface area contributed by atoms with Crippen molar-refractivity contribution in [2.75, 3.05) is 0 Å². The number of hydrogen-bond donors (Lipinski definition) is 0. The van der Waals surface area contributed by atoms with Gasteiger partial charge < -0.3 is 4.57 Å². The lowest BCUT2D eigenvalue weighted by Gasteiger charge is -1.95. The van der Waals surface area contributed by atoms with Crippen LogP contribution in [0.15, 0.2) is 28.9 Å². The summed E-state index contributed by atoms with van der Waals surface area (Å²) >= 11 is 3.39. The molecule has 0 saturated heterocycles. The maximum absolute atomic E-state index is 8.86. The fourth-order valence-electron chi connectivity index (χ4n) is 1.45. The normalized spacial score (nSPS) is 10.2. The molecule has 2 aromatic rings. The third kappa shape index (κ3) is 1.24. The molecular formula is C10H7BrN2. The van der Waals surface area contributed by atoms with E-state index in [9.17, 15) is 0 Å². The summed E-state index contributed by atoms with van der Waals surface area (Å²) in [7, 11) is 1.94. The van der Waals surface area contributed by atoms with Crippen LogP contribution in [0.25, 0.3) is 10.9 Å². The molecule has 0 spiro atoms. The molecule has 64 valence electrons. The van der Waals surface area contributed by atoms with Crippen LogP contribution in [0, 0.1) is 11.3 Å². The minimum Gasteiger partial charge on any atom is -0.349 e. The second-order valence-electron chi connectivity index (χ2n) is 2.93. The van der Waals surface area contributed by atoms with Crippen LogP contribution in [0.4, 0.5) is 0 Å². The monoisotopic (exact) mass is 234 g/mol. The summed E-state index contributed by atoms with van der Waals surface area (Å²) in [5.74, 6) is 0. The van der Waals surface area contributed by atoms with Crippen molar-refractivity contribution in [3.05, 3.63) is 34.4 Å². The molecule has 0 bridgehead atoms. The van der Waals surface area contributed by atoms with E-state index in [0.717, 1.165) is 20.9 Å². The molecular weight excluding hydrogens is 228 g/mol. The van der Waals surface area contributed by atoms with E-state index in [4.69, 9.17) is 5.26 Å². The predicted octanol–water partition coefficient (Wildman–Crippen LogP) is 2.81. The standard InChI is InChI=1S/C10H7BrN2/c1-13-6-7(5-12)9-4-8(11)2-3-10(9)13/h2-4,6H,1H3. The minimum atomic E-state index is 0.721. The lowest BCUT2D eigenvalue weighted by atomic mass is 10.2. The second kappa shape index (κ2) is 2.90. The number of fused-ring (bicyclic) bond motifs is 1. The van der Waals surface area contributed by atoms with Crippen LogP contribution in [0.3, 0.4) is 0 Å². The quantitative estimate of drug-likeness (QED) is 0.690. The third-order valence-corrected chi connectivity index (χ3v) is 2.57. The molecule has 0 unspecified atom stereocenters. The zero-order valence-electron chi connectivity index (χ0n) is 7.08. The van der Waals surface area contributed by atoms with Crippen LogP contribution in [-0.4, -0.2) is 4.57 Å². The van der Waals surface area contributed by atoms with Crippen LogP contribution in [0.5, 0.6) is 0 Å². The van der Waals surface area contributed by atoms with Gasteiger partial charge in [0.2, 0.25) is 0 Å². The zero-order valence-corrected chi connectivity index (χ0v) is 8.67. The number of benzene rings is 1. The van der Waals surface area contributed by atoms with E-state index in [1.165, 1.54) is 0 Å². The van der Waals surface area contributed by atoms with Crippen molar-refractivity contribution in [2.45, 2.75) is 0 Å². The molecule has 1 aromatic heterocycles. The molecule has 0 radical (unpaired) electrons. The van der Waals surface area contributed by atoms with E-state index in [-0.39, 0.29) is 0 Å². The summed E-state index contributed by atoms with van der Waals surface area (Å²) in [4.78, 5) is 0. The Hall–Kier alpha value is -1.27. The fourth-order valence-corrected chi connectivity index (χ4v) is 1.81. The number of aromatic nitrogens is 1. The van der Waals surface area contributed by atoms with Crippen molar-refractivity contribution in [2.24, 2.45) is 7.05 Å². The lowest BCUT2D eigenvalue weighted by molar-refractivity contribution is 0.967. The smallest absolute Gasteiger partial charge is 0.101 e. The molecule has 0 fully saturated rings. The first kappa shape index (κ1) is 8.33. The fraction of sp³-hybridized carbons (Fsp3) is 0.100. The molecule has 0 amide bonds. The van der Waals surface area contributed by atoms with Crippen LogP contribution >= 0.6 is 15.9 Å². The molecule has 0 saturated carbocycles. The summed E-state index contributed by atoms with van der Waals surface area (Å²) in [6.07, 6.45) is 1.84. The van der Waals surface area contributed by atoms with Crippen LogP contribution in [-0.2, 0) is 7.05 Å². The van der Waals surface area contributed by atoms with Crippen molar-refractivity contribution in [1.82, 2.24) is 4.57 Å². The number of nitriles is 1. The average Bonchev–Trinajstić information content (AvgIpc) is 2.42. The van der Waals surface area contributed by atoms with E-state index in [2.05, 4.69) is 22.0 Å². The van der Waals surface area contributed by atoms with Crippen molar-refractivity contribution < 1.29 is 0 Å². The van der Waals surface area contributed by atoms with E-state index >= 15 is 0 Å². The highest BCUT2D eigenvalue weighted by atomic mass is 79.9. The Kier molecular flexibility index (Phi) is 1.86. The number of rotatable bonds is 0. The molecule has 0 aliphatic heterocycles. The minimum absolute atomic E-state index is 0.721. The molecule has 3 heteroatoms. The van der Waals surface area contributed by atoms with E-state index < -0.39 is 0 Å². The molecule has 2 nitrogen and oxygen atoms in total. The van der Waals surface area contributed by atoms with Gasteiger partial charge in [-0.3, -0.25) is 0 Å². The first-order valence-corrected chi connectivity index (χ1v) is 4.66. The van der Waals surface area contributed by atoms with Crippen molar-refractivity contribution >= 4 is 26.8 Å². The van der Waals surface area contributed by atoms with Gasteiger partial charge in [-0.2, -0.15) is 5.26 Å². The molecule has 1 heterocycles. The summed E-state index contributed by atoms with van der Waals surface area (Å²) in [5.41, 5.74) is 1.80. The van der Waals surface area contributed by atoms with Gasteiger partial charge in [0.05, 0.1) is 5.56 Å². The lowest BCUT2D eigenvalue weighted by Crippen LogP contribution is -1.82. The van der Waals surface area contributed by atoms with Gasteiger partial charge >= 0.3 is 0 Å². The summed E-state index contributed by atoms with van der Waals surface area (Å²) in [6, 6.07) is 8.12. The number of halogens is 1. The second-order valence-corrected chi connectivity index (χ2v) is 3.84. The predicted molar refractivity (Wildman–Crippen MR) is 55.3 cm³/mol. The van der Waals surface area contributed by atoms with Gasteiger partial charge in [-0.1, -0.05) is 15.9 Å². The molecule has 0 N–H and O–H groups in total. The van der Waals surface area contributed by atoms with E-state index in [1.807, 2.05) is 36.0 Å². The van der Waals surface area contributed by atoms with Crippen molar-refractivity contribution in [3.8, 4) is 6.07 Å². The Bertz CT molecular complexity index is 505. The van der Waals surface area contributed by atoms with Gasteiger partial charge in [0.1, 0.15) is 6.07 Å². The Balaban J connectivity index is 2.91. The van der Waals surface area contributed by atoms with Crippen LogP contribution < -0.4 is 0 Å². The number of nitrogens with zero attached hydrogens (tertiary/aromatic N) is 2. The Labute approximate surface area is 84.5 Å². The van der Waals surface area contributed by atoms with Gasteiger partial charge in [-0.05, 0) is 18.2 Å².